The molecule has 0 aromatic heterocycles. The lowest BCUT2D eigenvalue weighted by molar-refractivity contribution is 0.383. The average Bonchev–Trinajstić information content (AvgIpc) is 3.01. The van der Waals surface area contributed by atoms with E-state index >= 15 is 0 Å². The Labute approximate surface area is 99.3 Å². The Balaban J connectivity index is 1.73. The summed E-state index contributed by atoms with van der Waals surface area (Å²) in [6.07, 6.45) is 3.93. The molecule has 1 aromatic carbocycles. The SMILES string of the molecule is Cc1ccc(CCNC(C)C2(C)CC2)cc1. The van der Waals surface area contributed by atoms with E-state index in [2.05, 4.69) is 50.4 Å². The summed E-state index contributed by atoms with van der Waals surface area (Å²) in [4.78, 5) is 0. The van der Waals surface area contributed by atoms with E-state index in [0.29, 0.717) is 11.5 Å². The second-order valence-electron chi connectivity index (χ2n) is 5.57. The fourth-order valence-corrected chi connectivity index (χ4v) is 2.06. The molecule has 1 N–H and O–H groups in total. The first-order valence-corrected chi connectivity index (χ1v) is 6.39. The maximum Gasteiger partial charge on any atom is 0.00926 e. The molecule has 1 unspecified atom stereocenters. The van der Waals surface area contributed by atoms with Gasteiger partial charge >= 0.3 is 0 Å². The van der Waals surface area contributed by atoms with Crippen LogP contribution in [0.2, 0.25) is 0 Å². The number of hydrogen-bond donors (Lipinski definition) is 1. The molecule has 1 aliphatic carbocycles. The molecule has 0 spiro atoms. The first-order chi connectivity index (χ1) is 7.60. The van der Waals surface area contributed by atoms with Crippen molar-refractivity contribution in [3.8, 4) is 0 Å². The normalized spacial score (nSPS) is 19.4. The van der Waals surface area contributed by atoms with E-state index in [1.807, 2.05) is 0 Å². The molecule has 1 atom stereocenters. The fraction of sp³-hybridized carbons (Fsp3) is 0.600. The van der Waals surface area contributed by atoms with Crippen molar-refractivity contribution in [1.82, 2.24) is 5.32 Å². The third-order valence-corrected chi connectivity index (χ3v) is 4.07. The Kier molecular flexibility index (Phi) is 3.34. The van der Waals surface area contributed by atoms with Gasteiger partial charge in [-0.2, -0.15) is 0 Å². The zero-order valence-corrected chi connectivity index (χ0v) is 10.7. The predicted octanol–water partition coefficient (Wildman–Crippen LogP) is 3.32. The second-order valence-corrected chi connectivity index (χ2v) is 5.57. The van der Waals surface area contributed by atoms with Crippen molar-refractivity contribution in [2.24, 2.45) is 5.41 Å². The van der Waals surface area contributed by atoms with E-state index in [1.165, 1.54) is 24.0 Å². The first-order valence-electron chi connectivity index (χ1n) is 6.39. The van der Waals surface area contributed by atoms with Crippen LogP contribution in [0.15, 0.2) is 24.3 Å². The summed E-state index contributed by atoms with van der Waals surface area (Å²) in [5.41, 5.74) is 3.37. The molecule has 16 heavy (non-hydrogen) atoms. The van der Waals surface area contributed by atoms with Crippen molar-refractivity contribution in [2.75, 3.05) is 6.54 Å². The van der Waals surface area contributed by atoms with Gasteiger partial charge in [-0.3, -0.25) is 0 Å². The molecule has 0 aliphatic heterocycles. The molecule has 1 aromatic rings. The Morgan fingerprint density at radius 1 is 1.25 bits per heavy atom. The average molecular weight is 217 g/mol. The van der Waals surface area contributed by atoms with Gasteiger partial charge in [-0.1, -0.05) is 36.8 Å². The fourth-order valence-electron chi connectivity index (χ4n) is 2.06. The van der Waals surface area contributed by atoms with Crippen molar-refractivity contribution < 1.29 is 0 Å². The first kappa shape index (κ1) is 11.7. The van der Waals surface area contributed by atoms with Crippen LogP contribution < -0.4 is 5.32 Å². The molecule has 88 valence electrons. The molecule has 0 bridgehead atoms. The summed E-state index contributed by atoms with van der Waals surface area (Å²) in [5, 5.41) is 3.65. The molecule has 1 aliphatic rings. The van der Waals surface area contributed by atoms with Crippen LogP contribution >= 0.6 is 0 Å². The molecule has 0 amide bonds. The molecule has 1 heteroatoms. The van der Waals surface area contributed by atoms with Gasteiger partial charge in [0.1, 0.15) is 0 Å². The summed E-state index contributed by atoms with van der Waals surface area (Å²) in [7, 11) is 0. The molecule has 0 heterocycles. The van der Waals surface area contributed by atoms with E-state index in [9.17, 15) is 0 Å². The lowest BCUT2D eigenvalue weighted by Crippen LogP contribution is -2.34. The molecular weight excluding hydrogens is 194 g/mol. The maximum atomic E-state index is 3.65. The number of aryl methyl sites for hydroxylation is 1. The van der Waals surface area contributed by atoms with E-state index < -0.39 is 0 Å². The van der Waals surface area contributed by atoms with E-state index in [0.717, 1.165) is 13.0 Å². The quantitative estimate of drug-likeness (QED) is 0.798. The minimum atomic E-state index is 0.591. The van der Waals surface area contributed by atoms with Crippen molar-refractivity contribution in [1.29, 1.82) is 0 Å². The Morgan fingerprint density at radius 2 is 1.88 bits per heavy atom. The summed E-state index contributed by atoms with van der Waals surface area (Å²) < 4.78 is 0. The van der Waals surface area contributed by atoms with Gasteiger partial charge in [-0.25, -0.2) is 0 Å². The molecule has 0 radical (unpaired) electrons. The highest BCUT2D eigenvalue weighted by Gasteiger charge is 2.41. The molecule has 0 saturated heterocycles. The van der Waals surface area contributed by atoms with Crippen molar-refractivity contribution >= 4 is 0 Å². The van der Waals surface area contributed by atoms with Crippen molar-refractivity contribution in [3.63, 3.8) is 0 Å². The van der Waals surface area contributed by atoms with Crippen LogP contribution in [0.4, 0.5) is 0 Å². The van der Waals surface area contributed by atoms with E-state index in [-0.39, 0.29) is 0 Å². The van der Waals surface area contributed by atoms with E-state index in [1.54, 1.807) is 0 Å². The predicted molar refractivity (Wildman–Crippen MR) is 69.7 cm³/mol. The van der Waals surface area contributed by atoms with Crippen LogP contribution in [0.25, 0.3) is 0 Å². The van der Waals surface area contributed by atoms with Crippen LogP contribution in [0.1, 0.15) is 37.8 Å². The van der Waals surface area contributed by atoms with Gasteiger partial charge in [-0.05, 0) is 50.6 Å². The Hall–Kier alpha value is -0.820. The summed E-state index contributed by atoms with van der Waals surface area (Å²) >= 11 is 0. The standard InChI is InChI=1S/C15H23N/c1-12-4-6-14(7-5-12)8-11-16-13(2)15(3)9-10-15/h4-7,13,16H,8-11H2,1-3H3. The van der Waals surface area contributed by atoms with Gasteiger partial charge in [-0.15, -0.1) is 0 Å². The van der Waals surface area contributed by atoms with Crippen LogP contribution in [-0.4, -0.2) is 12.6 Å². The highest BCUT2D eigenvalue weighted by molar-refractivity contribution is 5.21. The molecule has 2 rings (SSSR count). The van der Waals surface area contributed by atoms with Crippen LogP contribution in [0.5, 0.6) is 0 Å². The third-order valence-electron chi connectivity index (χ3n) is 4.07. The summed E-state index contributed by atoms with van der Waals surface area (Å²) in [6, 6.07) is 9.53. The Bertz CT molecular complexity index is 335. The van der Waals surface area contributed by atoms with Gasteiger partial charge in [0, 0.05) is 6.04 Å². The summed E-state index contributed by atoms with van der Waals surface area (Å²) in [5.74, 6) is 0. The number of nitrogens with one attached hydrogen (secondary N) is 1. The monoisotopic (exact) mass is 217 g/mol. The highest BCUT2D eigenvalue weighted by Crippen LogP contribution is 2.47. The smallest absolute Gasteiger partial charge is 0.00926 e. The largest absolute Gasteiger partial charge is 0.313 e. The second kappa shape index (κ2) is 4.58. The van der Waals surface area contributed by atoms with E-state index in [4.69, 9.17) is 0 Å². The Morgan fingerprint density at radius 3 is 2.44 bits per heavy atom. The van der Waals surface area contributed by atoms with Crippen LogP contribution in [0.3, 0.4) is 0 Å². The number of benzene rings is 1. The van der Waals surface area contributed by atoms with Gasteiger partial charge in [0.15, 0.2) is 0 Å². The molecule has 1 saturated carbocycles. The van der Waals surface area contributed by atoms with Gasteiger partial charge in [0.05, 0.1) is 0 Å². The topological polar surface area (TPSA) is 12.0 Å². The van der Waals surface area contributed by atoms with Crippen LogP contribution in [0, 0.1) is 12.3 Å². The zero-order valence-electron chi connectivity index (χ0n) is 10.7. The third kappa shape index (κ3) is 2.85. The van der Waals surface area contributed by atoms with Crippen LogP contribution in [-0.2, 0) is 6.42 Å². The van der Waals surface area contributed by atoms with Gasteiger partial charge < -0.3 is 5.32 Å². The maximum absolute atomic E-state index is 3.65. The number of rotatable bonds is 5. The molecule has 1 fully saturated rings. The molecular formula is C15H23N. The van der Waals surface area contributed by atoms with Crippen molar-refractivity contribution in [3.05, 3.63) is 35.4 Å². The number of hydrogen-bond acceptors (Lipinski definition) is 1. The zero-order chi connectivity index (χ0) is 11.6. The lowest BCUT2D eigenvalue weighted by atomic mass is 10.0. The lowest BCUT2D eigenvalue weighted by Gasteiger charge is -2.20. The minimum absolute atomic E-state index is 0.591. The van der Waals surface area contributed by atoms with Crippen molar-refractivity contribution in [2.45, 2.75) is 46.1 Å². The van der Waals surface area contributed by atoms with Gasteiger partial charge in [0.2, 0.25) is 0 Å². The highest BCUT2D eigenvalue weighted by atomic mass is 14.9. The molecule has 1 nitrogen and oxygen atoms in total. The summed E-state index contributed by atoms with van der Waals surface area (Å²) in [6.45, 7) is 7.94. The minimum Gasteiger partial charge on any atom is -0.313 e. The van der Waals surface area contributed by atoms with Gasteiger partial charge in [0.25, 0.3) is 0 Å².